The average Bonchev–Trinajstić information content (AvgIpc) is 3.17. The number of amides is 2. The standard InChI is InChI=1S/C16H15N5O2/c1-17-16(23)19-8-9-2-3-11-10(6-9)7-12-13(11)20-15(22)14-18-4-5-21(12)14/h2-6H,7-8H2,1H3,(H,20,22)(H2,17,19,23). The number of hydrogen-bond donors (Lipinski definition) is 3. The second kappa shape index (κ2) is 4.98. The Labute approximate surface area is 131 Å². The molecular formula is C16H15N5O2. The summed E-state index contributed by atoms with van der Waals surface area (Å²) in [6, 6.07) is 5.80. The van der Waals surface area contributed by atoms with Crippen LogP contribution >= 0.6 is 0 Å². The minimum absolute atomic E-state index is 0.188. The molecule has 0 spiro atoms. The number of aromatic amines is 1. The molecule has 0 bridgehead atoms. The number of urea groups is 1. The summed E-state index contributed by atoms with van der Waals surface area (Å²) in [6.45, 7) is 0.459. The van der Waals surface area contributed by atoms with Crippen LogP contribution < -0.4 is 16.2 Å². The summed E-state index contributed by atoms with van der Waals surface area (Å²) in [4.78, 5) is 30.4. The third-order valence-electron chi connectivity index (χ3n) is 4.14. The molecule has 2 amide bonds. The summed E-state index contributed by atoms with van der Waals surface area (Å²) in [6.07, 6.45) is 4.16. The van der Waals surface area contributed by atoms with Gasteiger partial charge in [-0.25, -0.2) is 9.78 Å². The number of nitrogens with zero attached hydrogens (tertiary/aromatic N) is 2. The summed E-state index contributed by atoms with van der Waals surface area (Å²) in [5, 5.41) is 5.30. The second-order valence-corrected chi connectivity index (χ2v) is 5.50. The fraction of sp³-hybridized carbons (Fsp3) is 0.188. The van der Waals surface area contributed by atoms with Crippen LogP contribution in [0.3, 0.4) is 0 Å². The minimum atomic E-state index is -0.210. The molecule has 0 atom stereocenters. The molecule has 4 rings (SSSR count). The van der Waals surface area contributed by atoms with Crippen LogP contribution in [0.1, 0.15) is 16.8 Å². The lowest BCUT2D eigenvalue weighted by molar-refractivity contribution is 0.242. The molecule has 23 heavy (non-hydrogen) atoms. The Morgan fingerprint density at radius 3 is 3.13 bits per heavy atom. The smallest absolute Gasteiger partial charge is 0.314 e. The van der Waals surface area contributed by atoms with Crippen molar-refractivity contribution in [2.75, 3.05) is 7.05 Å². The van der Waals surface area contributed by atoms with E-state index in [0.29, 0.717) is 12.2 Å². The van der Waals surface area contributed by atoms with Gasteiger partial charge in [0.05, 0.1) is 11.4 Å². The van der Waals surface area contributed by atoms with Gasteiger partial charge in [0.1, 0.15) is 0 Å². The van der Waals surface area contributed by atoms with Crippen molar-refractivity contribution in [1.29, 1.82) is 0 Å². The first-order chi connectivity index (χ1) is 11.2. The van der Waals surface area contributed by atoms with Gasteiger partial charge in [-0.3, -0.25) is 9.20 Å². The molecule has 0 aliphatic heterocycles. The quantitative estimate of drug-likeness (QED) is 0.516. The molecule has 0 fully saturated rings. The highest BCUT2D eigenvalue weighted by molar-refractivity contribution is 5.75. The van der Waals surface area contributed by atoms with E-state index in [-0.39, 0.29) is 11.6 Å². The lowest BCUT2D eigenvalue weighted by Crippen LogP contribution is -2.32. The van der Waals surface area contributed by atoms with Gasteiger partial charge in [0.25, 0.3) is 5.56 Å². The highest BCUT2D eigenvalue weighted by Crippen LogP contribution is 2.34. The maximum absolute atomic E-state index is 12.1. The van der Waals surface area contributed by atoms with Crippen LogP contribution in [0.4, 0.5) is 4.79 Å². The number of fused-ring (bicyclic) bond motifs is 5. The summed E-state index contributed by atoms with van der Waals surface area (Å²) >= 11 is 0. The number of benzene rings is 1. The third kappa shape index (κ3) is 2.09. The Morgan fingerprint density at radius 1 is 1.43 bits per heavy atom. The fourth-order valence-corrected chi connectivity index (χ4v) is 3.05. The van der Waals surface area contributed by atoms with Gasteiger partial charge in [0.2, 0.25) is 5.65 Å². The van der Waals surface area contributed by atoms with Gasteiger partial charge in [-0.1, -0.05) is 18.2 Å². The molecule has 1 aliphatic carbocycles. The highest BCUT2D eigenvalue weighted by atomic mass is 16.2. The molecule has 2 aromatic heterocycles. The topological polar surface area (TPSA) is 91.3 Å². The van der Waals surface area contributed by atoms with Crippen molar-refractivity contribution in [3.63, 3.8) is 0 Å². The number of H-pyrrole nitrogens is 1. The molecule has 0 unspecified atom stereocenters. The molecule has 7 nitrogen and oxygen atoms in total. The van der Waals surface area contributed by atoms with E-state index in [1.807, 2.05) is 22.7 Å². The molecule has 1 aromatic carbocycles. The molecule has 3 N–H and O–H groups in total. The number of rotatable bonds is 2. The van der Waals surface area contributed by atoms with Crippen molar-refractivity contribution in [3.05, 3.63) is 57.8 Å². The van der Waals surface area contributed by atoms with Crippen LogP contribution in [-0.2, 0) is 13.0 Å². The molecule has 3 aromatic rings. The third-order valence-corrected chi connectivity index (χ3v) is 4.14. The van der Waals surface area contributed by atoms with Gasteiger partial charge in [0, 0.05) is 38.0 Å². The first-order valence-corrected chi connectivity index (χ1v) is 7.33. The summed E-state index contributed by atoms with van der Waals surface area (Å²) < 4.78 is 1.84. The van der Waals surface area contributed by atoms with Gasteiger partial charge in [-0.15, -0.1) is 0 Å². The normalized spacial score (nSPS) is 12.0. The van der Waals surface area contributed by atoms with Crippen LogP contribution in [-0.4, -0.2) is 27.4 Å². The molecule has 116 valence electrons. The van der Waals surface area contributed by atoms with Crippen molar-refractivity contribution >= 4 is 11.7 Å². The van der Waals surface area contributed by atoms with E-state index >= 15 is 0 Å². The molecule has 1 aliphatic rings. The van der Waals surface area contributed by atoms with E-state index in [1.165, 1.54) is 0 Å². The number of carbonyl (C=O) groups is 1. The van der Waals surface area contributed by atoms with Crippen LogP contribution in [0.5, 0.6) is 0 Å². The molecule has 0 saturated carbocycles. The number of imidazole rings is 1. The van der Waals surface area contributed by atoms with Crippen LogP contribution in [0.2, 0.25) is 0 Å². The molecule has 0 radical (unpaired) electrons. The van der Waals surface area contributed by atoms with Crippen molar-refractivity contribution in [2.45, 2.75) is 13.0 Å². The average molecular weight is 309 g/mol. The van der Waals surface area contributed by atoms with Crippen LogP contribution in [0.25, 0.3) is 16.9 Å². The van der Waals surface area contributed by atoms with E-state index in [2.05, 4.69) is 26.7 Å². The molecular weight excluding hydrogens is 294 g/mol. The summed E-state index contributed by atoms with van der Waals surface area (Å²) in [5.74, 6) is 0. The fourth-order valence-electron chi connectivity index (χ4n) is 3.05. The predicted molar refractivity (Wildman–Crippen MR) is 85.4 cm³/mol. The van der Waals surface area contributed by atoms with Crippen molar-refractivity contribution in [1.82, 2.24) is 25.0 Å². The van der Waals surface area contributed by atoms with Crippen molar-refractivity contribution in [3.8, 4) is 11.3 Å². The van der Waals surface area contributed by atoms with Crippen molar-refractivity contribution < 1.29 is 4.79 Å². The Kier molecular flexibility index (Phi) is 2.94. The zero-order valence-electron chi connectivity index (χ0n) is 12.5. The number of aromatic nitrogens is 3. The number of nitrogens with one attached hydrogen (secondary N) is 3. The lowest BCUT2D eigenvalue weighted by Gasteiger charge is -2.07. The van der Waals surface area contributed by atoms with Gasteiger partial charge in [-0.05, 0) is 11.1 Å². The van der Waals surface area contributed by atoms with E-state index in [1.54, 1.807) is 13.2 Å². The first-order valence-electron chi connectivity index (χ1n) is 7.33. The Morgan fingerprint density at radius 2 is 2.30 bits per heavy atom. The Balaban J connectivity index is 1.73. The second-order valence-electron chi connectivity index (χ2n) is 5.50. The zero-order chi connectivity index (χ0) is 16.0. The molecule has 0 saturated heterocycles. The van der Waals surface area contributed by atoms with Crippen LogP contribution in [0.15, 0.2) is 35.4 Å². The van der Waals surface area contributed by atoms with E-state index in [4.69, 9.17) is 0 Å². The van der Waals surface area contributed by atoms with E-state index in [0.717, 1.165) is 34.5 Å². The van der Waals surface area contributed by atoms with Crippen LogP contribution in [0, 0.1) is 0 Å². The van der Waals surface area contributed by atoms with Gasteiger partial charge in [-0.2, -0.15) is 0 Å². The largest absolute Gasteiger partial charge is 0.341 e. The maximum Gasteiger partial charge on any atom is 0.314 e. The Bertz CT molecular complexity index is 986. The van der Waals surface area contributed by atoms with Crippen molar-refractivity contribution in [2.24, 2.45) is 0 Å². The first kappa shape index (κ1) is 13.6. The number of hydrogen-bond acceptors (Lipinski definition) is 3. The van der Waals surface area contributed by atoms with Gasteiger partial charge < -0.3 is 15.6 Å². The minimum Gasteiger partial charge on any atom is -0.341 e. The number of carbonyl (C=O) groups excluding carboxylic acids is 1. The van der Waals surface area contributed by atoms with Gasteiger partial charge in [0.15, 0.2) is 0 Å². The zero-order valence-corrected chi connectivity index (χ0v) is 12.5. The van der Waals surface area contributed by atoms with E-state index in [9.17, 15) is 9.59 Å². The molecule has 2 heterocycles. The van der Waals surface area contributed by atoms with Gasteiger partial charge >= 0.3 is 6.03 Å². The molecule has 7 heteroatoms. The SMILES string of the molecule is CNC(=O)NCc1ccc2c(c1)Cc1c-2[nH]c(=O)c2nccn12. The Hall–Kier alpha value is -3.09. The lowest BCUT2D eigenvalue weighted by atomic mass is 10.1. The summed E-state index contributed by atoms with van der Waals surface area (Å²) in [7, 11) is 1.58. The van der Waals surface area contributed by atoms with E-state index < -0.39 is 0 Å². The predicted octanol–water partition coefficient (Wildman–Crippen LogP) is 1.02. The maximum atomic E-state index is 12.1. The monoisotopic (exact) mass is 309 g/mol. The highest BCUT2D eigenvalue weighted by Gasteiger charge is 2.23. The summed E-state index contributed by atoms with van der Waals surface area (Å²) in [5.41, 5.74) is 5.28.